The number of hydrogen-bond acceptors (Lipinski definition) is 6. The minimum absolute atomic E-state index is 0.0152. The Hall–Kier alpha value is -2.52. The zero-order chi connectivity index (χ0) is 20.9. The Morgan fingerprint density at radius 1 is 1.17 bits per heavy atom. The third-order valence-corrected chi connectivity index (χ3v) is 7.13. The molecule has 0 aliphatic carbocycles. The minimum atomic E-state index is -3.42. The molecule has 1 amide bonds. The van der Waals surface area contributed by atoms with Crippen molar-refractivity contribution in [2.75, 3.05) is 32.5 Å². The molecule has 1 N–H and O–H groups in total. The van der Waals surface area contributed by atoms with Crippen LogP contribution in [-0.2, 0) is 15.8 Å². The first-order chi connectivity index (χ1) is 13.9. The molecule has 2 heterocycles. The number of benzene rings is 1. The highest BCUT2D eigenvalue weighted by molar-refractivity contribution is 7.88. The number of nitrogens with one attached hydrogen (secondary N) is 1. The lowest BCUT2D eigenvalue weighted by molar-refractivity contribution is 0.0759. The van der Waals surface area contributed by atoms with Gasteiger partial charge in [0.15, 0.2) is 0 Å². The van der Waals surface area contributed by atoms with E-state index in [4.69, 9.17) is 0 Å². The number of hydrogen-bond donors (Lipinski definition) is 1. The van der Waals surface area contributed by atoms with Gasteiger partial charge in [0.05, 0.1) is 11.3 Å². The van der Waals surface area contributed by atoms with Gasteiger partial charge in [-0.3, -0.25) is 4.79 Å². The van der Waals surface area contributed by atoms with E-state index >= 15 is 0 Å². The predicted molar refractivity (Wildman–Crippen MR) is 112 cm³/mol. The van der Waals surface area contributed by atoms with E-state index in [0.29, 0.717) is 31.0 Å². The molecule has 0 saturated carbocycles. The minimum Gasteiger partial charge on any atom is -0.357 e. The van der Waals surface area contributed by atoms with Crippen LogP contribution in [0.1, 0.15) is 35.2 Å². The topological polar surface area (TPSA) is 95.5 Å². The van der Waals surface area contributed by atoms with Crippen LogP contribution in [0.3, 0.4) is 0 Å². The number of amides is 1. The van der Waals surface area contributed by atoms with E-state index in [1.54, 1.807) is 19.0 Å². The number of aromatic nitrogens is 2. The maximum atomic E-state index is 12.8. The smallest absolute Gasteiger partial charge is 0.256 e. The van der Waals surface area contributed by atoms with Crippen molar-refractivity contribution in [1.29, 1.82) is 0 Å². The highest BCUT2D eigenvalue weighted by Crippen LogP contribution is 2.21. The van der Waals surface area contributed by atoms with Crippen LogP contribution < -0.4 is 5.32 Å². The van der Waals surface area contributed by atoms with Crippen LogP contribution in [0.5, 0.6) is 0 Å². The number of carbonyl (C=O) groups excluding carboxylic acids is 1. The number of likely N-dealkylation sites (tertiary alicyclic amines) is 1. The highest BCUT2D eigenvalue weighted by Gasteiger charge is 2.30. The molecule has 156 valence electrons. The molecule has 1 saturated heterocycles. The number of carbonyl (C=O) groups is 1. The van der Waals surface area contributed by atoms with Crippen LogP contribution in [0, 0.1) is 0 Å². The van der Waals surface area contributed by atoms with E-state index in [2.05, 4.69) is 15.3 Å². The summed E-state index contributed by atoms with van der Waals surface area (Å²) in [6.45, 7) is 1.10. The van der Waals surface area contributed by atoms with Gasteiger partial charge in [-0.1, -0.05) is 30.3 Å². The second-order valence-corrected chi connectivity index (χ2v) is 9.21. The Kier molecular flexibility index (Phi) is 6.81. The van der Waals surface area contributed by atoms with Crippen molar-refractivity contribution in [3.8, 4) is 0 Å². The fourth-order valence-electron chi connectivity index (χ4n) is 3.51. The molecule has 1 atom stereocenters. The van der Waals surface area contributed by atoms with Gasteiger partial charge >= 0.3 is 0 Å². The van der Waals surface area contributed by atoms with Crippen molar-refractivity contribution < 1.29 is 13.2 Å². The Morgan fingerprint density at radius 2 is 1.86 bits per heavy atom. The molecule has 8 nitrogen and oxygen atoms in total. The van der Waals surface area contributed by atoms with Crippen LogP contribution in [0.4, 0.5) is 5.95 Å². The highest BCUT2D eigenvalue weighted by atomic mass is 32.2. The molecule has 9 heteroatoms. The summed E-state index contributed by atoms with van der Waals surface area (Å²) in [6, 6.07) is 9.07. The number of anilines is 1. The molecular formula is C20H27N5O3S. The molecule has 0 unspecified atom stereocenters. The molecular weight excluding hydrogens is 390 g/mol. The maximum Gasteiger partial charge on any atom is 0.256 e. The number of rotatable bonds is 6. The van der Waals surface area contributed by atoms with E-state index in [1.165, 1.54) is 16.7 Å². The first-order valence-electron chi connectivity index (χ1n) is 9.69. The first-order valence-corrected chi connectivity index (χ1v) is 11.3. The Morgan fingerprint density at radius 3 is 2.52 bits per heavy atom. The van der Waals surface area contributed by atoms with E-state index in [0.717, 1.165) is 18.4 Å². The molecule has 29 heavy (non-hydrogen) atoms. The summed E-state index contributed by atoms with van der Waals surface area (Å²) in [7, 11) is -0.0638. The molecule has 0 spiro atoms. The summed E-state index contributed by atoms with van der Waals surface area (Å²) >= 11 is 0. The van der Waals surface area contributed by atoms with Gasteiger partial charge in [0.25, 0.3) is 5.91 Å². The Labute approximate surface area is 172 Å². The average Bonchev–Trinajstić information content (AvgIpc) is 2.99. The summed E-state index contributed by atoms with van der Waals surface area (Å²) in [5, 5.41) is 2.82. The van der Waals surface area contributed by atoms with Gasteiger partial charge < -0.3 is 10.2 Å². The van der Waals surface area contributed by atoms with Crippen molar-refractivity contribution in [1.82, 2.24) is 19.2 Å². The van der Waals surface area contributed by atoms with Crippen LogP contribution in [-0.4, -0.2) is 66.7 Å². The van der Waals surface area contributed by atoms with Gasteiger partial charge in [-0.25, -0.2) is 22.7 Å². The zero-order valence-electron chi connectivity index (χ0n) is 16.8. The van der Waals surface area contributed by atoms with Gasteiger partial charge in [0, 0.05) is 45.6 Å². The lowest BCUT2D eigenvalue weighted by Gasteiger charge is -2.26. The van der Waals surface area contributed by atoms with Crippen LogP contribution in [0.15, 0.2) is 42.7 Å². The van der Waals surface area contributed by atoms with Crippen LogP contribution >= 0.6 is 0 Å². The quantitative estimate of drug-likeness (QED) is 0.772. The zero-order valence-corrected chi connectivity index (χ0v) is 17.6. The van der Waals surface area contributed by atoms with Crippen molar-refractivity contribution in [2.24, 2.45) is 0 Å². The summed E-state index contributed by atoms with van der Waals surface area (Å²) in [5.41, 5.74) is 1.21. The lowest BCUT2D eigenvalue weighted by Crippen LogP contribution is -2.39. The molecule has 1 aliphatic heterocycles. The van der Waals surface area contributed by atoms with E-state index < -0.39 is 10.0 Å². The van der Waals surface area contributed by atoms with Gasteiger partial charge in [-0.2, -0.15) is 0 Å². The molecule has 0 bridgehead atoms. The second kappa shape index (κ2) is 9.32. The molecule has 1 aromatic carbocycles. The van der Waals surface area contributed by atoms with Crippen LogP contribution in [0.25, 0.3) is 0 Å². The van der Waals surface area contributed by atoms with Crippen molar-refractivity contribution in [2.45, 2.75) is 31.1 Å². The van der Waals surface area contributed by atoms with Gasteiger partial charge in [0.1, 0.15) is 0 Å². The first kappa shape index (κ1) is 21.2. The largest absolute Gasteiger partial charge is 0.357 e. The number of sulfonamides is 1. The average molecular weight is 418 g/mol. The summed E-state index contributed by atoms with van der Waals surface area (Å²) in [5.74, 6) is 0.323. The van der Waals surface area contributed by atoms with Gasteiger partial charge in [-0.15, -0.1) is 0 Å². The molecule has 1 aromatic heterocycles. The predicted octanol–water partition coefficient (Wildman–Crippen LogP) is 1.97. The monoisotopic (exact) mass is 417 g/mol. The molecule has 0 radical (unpaired) electrons. The van der Waals surface area contributed by atoms with Crippen molar-refractivity contribution >= 4 is 21.9 Å². The molecule has 2 aromatic rings. The SMILES string of the molecule is CNc1ncc(C(=O)N2CCC[C@H](N(C)S(=O)(=O)Cc3ccccc3)CC2)cn1. The standard InChI is InChI=1S/C20H27N5O3S/c1-21-20-22-13-17(14-23-20)19(26)25-11-6-9-18(10-12-25)24(2)29(27,28)15-16-7-4-3-5-8-16/h3-5,7-8,13-14,18H,6,9-12,15H2,1-2H3,(H,21,22,23)/t18-/m0/s1. The molecule has 1 fully saturated rings. The fourth-order valence-corrected chi connectivity index (χ4v) is 4.99. The third-order valence-electron chi connectivity index (χ3n) is 5.25. The molecule has 3 rings (SSSR count). The molecule has 1 aliphatic rings. The van der Waals surface area contributed by atoms with E-state index in [1.807, 2.05) is 30.3 Å². The van der Waals surface area contributed by atoms with E-state index in [-0.39, 0.29) is 17.7 Å². The van der Waals surface area contributed by atoms with Crippen molar-refractivity contribution in [3.63, 3.8) is 0 Å². The Balaban J connectivity index is 1.63. The second-order valence-electron chi connectivity index (χ2n) is 7.18. The third kappa shape index (κ3) is 5.30. The summed E-state index contributed by atoms with van der Waals surface area (Å²) < 4.78 is 27.1. The normalized spacial score (nSPS) is 17.8. The lowest BCUT2D eigenvalue weighted by atomic mass is 10.1. The van der Waals surface area contributed by atoms with E-state index in [9.17, 15) is 13.2 Å². The van der Waals surface area contributed by atoms with Gasteiger partial charge in [0.2, 0.25) is 16.0 Å². The summed E-state index contributed by atoms with van der Waals surface area (Å²) in [4.78, 5) is 22.7. The van der Waals surface area contributed by atoms with Gasteiger partial charge in [-0.05, 0) is 24.8 Å². The Bertz CT molecular complexity index is 919. The summed E-state index contributed by atoms with van der Waals surface area (Å²) in [6.07, 6.45) is 5.10. The number of nitrogens with zero attached hydrogens (tertiary/aromatic N) is 4. The van der Waals surface area contributed by atoms with Crippen LogP contribution in [0.2, 0.25) is 0 Å². The maximum absolute atomic E-state index is 12.8. The van der Waals surface area contributed by atoms with Crippen molar-refractivity contribution in [3.05, 3.63) is 53.9 Å². The fraction of sp³-hybridized carbons (Fsp3) is 0.450.